The van der Waals surface area contributed by atoms with E-state index in [0.29, 0.717) is 13.0 Å². The van der Waals surface area contributed by atoms with Gasteiger partial charge in [0, 0.05) is 13.1 Å². The van der Waals surface area contributed by atoms with Gasteiger partial charge in [0.2, 0.25) is 5.91 Å². The predicted molar refractivity (Wildman–Crippen MR) is 66.5 cm³/mol. The Morgan fingerprint density at radius 2 is 1.71 bits per heavy atom. The number of hydrogen-bond donors (Lipinski definition) is 3. The van der Waals surface area contributed by atoms with E-state index in [1.165, 1.54) is 0 Å². The summed E-state index contributed by atoms with van der Waals surface area (Å²) in [6.45, 7) is 4.43. The molecule has 0 spiro atoms. The molecule has 0 rings (SSSR count). The van der Waals surface area contributed by atoms with Gasteiger partial charge >= 0.3 is 5.97 Å². The third-order valence-corrected chi connectivity index (χ3v) is 2.80. The van der Waals surface area contributed by atoms with Crippen LogP contribution in [0.1, 0.15) is 39.5 Å². The molecule has 0 aliphatic heterocycles. The molecule has 5 heteroatoms. The van der Waals surface area contributed by atoms with E-state index in [1.807, 2.05) is 13.8 Å². The molecule has 0 bridgehead atoms. The predicted octanol–water partition coefficient (Wildman–Crippen LogP) is 0.979. The Morgan fingerprint density at radius 1 is 1.18 bits per heavy atom. The first kappa shape index (κ1) is 15.9. The highest BCUT2D eigenvalue weighted by Gasteiger charge is 2.20. The molecule has 5 nitrogen and oxygen atoms in total. The van der Waals surface area contributed by atoms with Crippen LogP contribution in [0, 0.1) is 11.8 Å². The van der Waals surface area contributed by atoms with Gasteiger partial charge < -0.3 is 16.2 Å². The zero-order valence-electron chi connectivity index (χ0n) is 10.7. The highest BCUT2D eigenvalue weighted by atomic mass is 16.4. The molecule has 0 aromatic heterocycles. The van der Waals surface area contributed by atoms with Crippen molar-refractivity contribution in [3.8, 4) is 0 Å². The minimum Gasteiger partial charge on any atom is -0.481 e. The maximum atomic E-state index is 11.7. The van der Waals surface area contributed by atoms with E-state index >= 15 is 0 Å². The molecule has 2 unspecified atom stereocenters. The van der Waals surface area contributed by atoms with Gasteiger partial charge in [-0.1, -0.05) is 26.7 Å². The van der Waals surface area contributed by atoms with Crippen LogP contribution in [0.3, 0.4) is 0 Å². The van der Waals surface area contributed by atoms with Crippen LogP contribution in [0.4, 0.5) is 0 Å². The molecule has 2 atom stereocenters. The summed E-state index contributed by atoms with van der Waals surface area (Å²) >= 11 is 0. The van der Waals surface area contributed by atoms with Gasteiger partial charge in [-0.25, -0.2) is 0 Å². The van der Waals surface area contributed by atoms with Crippen molar-refractivity contribution < 1.29 is 14.7 Å². The average Bonchev–Trinajstić information content (AvgIpc) is 2.30. The third kappa shape index (κ3) is 6.26. The van der Waals surface area contributed by atoms with E-state index in [-0.39, 0.29) is 18.4 Å². The van der Waals surface area contributed by atoms with Crippen molar-refractivity contribution >= 4 is 11.9 Å². The second-order valence-electron chi connectivity index (χ2n) is 4.29. The Labute approximate surface area is 103 Å². The van der Waals surface area contributed by atoms with Gasteiger partial charge in [-0.15, -0.1) is 0 Å². The summed E-state index contributed by atoms with van der Waals surface area (Å²) in [6, 6.07) is 0. The van der Waals surface area contributed by atoms with Crippen LogP contribution < -0.4 is 11.1 Å². The molecule has 0 fully saturated rings. The van der Waals surface area contributed by atoms with Gasteiger partial charge in [0.05, 0.1) is 11.8 Å². The standard InChI is InChI=1S/C12H24N2O3/c1-3-5-9(7-13)11(15)14-8-10(6-4-2)12(16)17/h9-10H,3-8,13H2,1-2H3,(H,14,15)(H,16,17). The summed E-state index contributed by atoms with van der Waals surface area (Å²) in [5.41, 5.74) is 5.51. The average molecular weight is 244 g/mol. The number of nitrogens with two attached hydrogens (primary N) is 1. The van der Waals surface area contributed by atoms with Crippen molar-refractivity contribution in [1.82, 2.24) is 5.32 Å². The van der Waals surface area contributed by atoms with Crippen LogP contribution in [-0.2, 0) is 9.59 Å². The Kier molecular flexibility index (Phi) is 8.40. The number of nitrogens with one attached hydrogen (secondary N) is 1. The maximum absolute atomic E-state index is 11.7. The molecule has 0 saturated heterocycles. The number of aliphatic carboxylic acids is 1. The first-order valence-electron chi connectivity index (χ1n) is 6.27. The van der Waals surface area contributed by atoms with E-state index in [2.05, 4.69) is 5.32 Å². The van der Waals surface area contributed by atoms with Crippen LogP contribution in [0.15, 0.2) is 0 Å². The monoisotopic (exact) mass is 244 g/mol. The van der Waals surface area contributed by atoms with Crippen molar-refractivity contribution in [2.45, 2.75) is 39.5 Å². The van der Waals surface area contributed by atoms with Crippen molar-refractivity contribution in [2.75, 3.05) is 13.1 Å². The van der Waals surface area contributed by atoms with Crippen molar-refractivity contribution in [2.24, 2.45) is 17.6 Å². The topological polar surface area (TPSA) is 92.4 Å². The first-order valence-corrected chi connectivity index (χ1v) is 6.27. The smallest absolute Gasteiger partial charge is 0.308 e. The Bertz CT molecular complexity index is 244. The number of hydrogen-bond acceptors (Lipinski definition) is 3. The number of rotatable bonds is 9. The summed E-state index contributed by atoms with van der Waals surface area (Å²) in [4.78, 5) is 22.6. The second-order valence-corrected chi connectivity index (χ2v) is 4.29. The van der Waals surface area contributed by atoms with E-state index in [4.69, 9.17) is 10.8 Å². The lowest BCUT2D eigenvalue weighted by Gasteiger charge is -2.16. The molecule has 0 heterocycles. The fraction of sp³-hybridized carbons (Fsp3) is 0.833. The van der Waals surface area contributed by atoms with Crippen LogP contribution >= 0.6 is 0 Å². The minimum absolute atomic E-state index is 0.128. The van der Waals surface area contributed by atoms with Crippen molar-refractivity contribution in [1.29, 1.82) is 0 Å². The number of carboxylic acid groups (broad SMARTS) is 1. The van der Waals surface area contributed by atoms with Crippen molar-refractivity contribution in [3.05, 3.63) is 0 Å². The summed E-state index contributed by atoms with van der Waals surface area (Å²) in [5, 5.41) is 11.6. The van der Waals surface area contributed by atoms with Gasteiger partial charge in [0.1, 0.15) is 0 Å². The molecule has 4 N–H and O–H groups in total. The maximum Gasteiger partial charge on any atom is 0.308 e. The zero-order valence-corrected chi connectivity index (χ0v) is 10.7. The number of carbonyl (C=O) groups excluding carboxylic acids is 1. The van der Waals surface area contributed by atoms with Gasteiger partial charge in [0.25, 0.3) is 0 Å². The summed E-state index contributed by atoms with van der Waals surface area (Å²) in [7, 11) is 0. The fourth-order valence-electron chi connectivity index (χ4n) is 1.73. The van der Waals surface area contributed by atoms with Gasteiger partial charge in [-0.2, -0.15) is 0 Å². The molecule has 0 aliphatic carbocycles. The number of carbonyl (C=O) groups is 2. The van der Waals surface area contributed by atoms with Crippen molar-refractivity contribution in [3.63, 3.8) is 0 Å². The zero-order chi connectivity index (χ0) is 13.3. The lowest BCUT2D eigenvalue weighted by Crippen LogP contribution is -2.39. The Balaban J connectivity index is 4.14. The van der Waals surface area contributed by atoms with Crippen LogP contribution in [0.2, 0.25) is 0 Å². The van der Waals surface area contributed by atoms with Crippen LogP contribution in [-0.4, -0.2) is 30.1 Å². The molecule has 1 amide bonds. The SMILES string of the molecule is CCCC(CNC(=O)C(CN)CCC)C(=O)O. The molecule has 0 radical (unpaired) electrons. The summed E-state index contributed by atoms with van der Waals surface area (Å²) in [5.74, 6) is -1.68. The van der Waals surface area contributed by atoms with E-state index in [0.717, 1.165) is 19.3 Å². The number of amides is 1. The molecule has 0 aliphatic rings. The first-order chi connectivity index (χ1) is 8.06. The molecule has 0 saturated carbocycles. The normalized spacial score (nSPS) is 14.1. The van der Waals surface area contributed by atoms with Gasteiger partial charge in [0.15, 0.2) is 0 Å². The summed E-state index contributed by atoms with van der Waals surface area (Å²) < 4.78 is 0. The molecule has 0 aromatic rings. The number of carboxylic acids is 1. The fourth-order valence-corrected chi connectivity index (χ4v) is 1.73. The molecule has 0 aromatic carbocycles. The largest absolute Gasteiger partial charge is 0.481 e. The van der Waals surface area contributed by atoms with E-state index < -0.39 is 11.9 Å². The highest BCUT2D eigenvalue weighted by molar-refractivity contribution is 5.79. The quantitative estimate of drug-likeness (QED) is 0.563. The molecule has 100 valence electrons. The second kappa shape index (κ2) is 8.98. The van der Waals surface area contributed by atoms with Gasteiger partial charge in [-0.3, -0.25) is 9.59 Å². The molecular formula is C12H24N2O3. The van der Waals surface area contributed by atoms with E-state index in [1.54, 1.807) is 0 Å². The van der Waals surface area contributed by atoms with Gasteiger partial charge in [-0.05, 0) is 12.8 Å². The third-order valence-electron chi connectivity index (χ3n) is 2.80. The summed E-state index contributed by atoms with van der Waals surface area (Å²) in [6.07, 6.45) is 3.01. The lowest BCUT2D eigenvalue weighted by atomic mass is 10.0. The van der Waals surface area contributed by atoms with Crippen LogP contribution in [0.25, 0.3) is 0 Å². The Hall–Kier alpha value is -1.10. The highest BCUT2D eigenvalue weighted by Crippen LogP contribution is 2.07. The lowest BCUT2D eigenvalue weighted by molar-refractivity contribution is -0.142. The Morgan fingerprint density at radius 3 is 2.12 bits per heavy atom. The van der Waals surface area contributed by atoms with Crippen LogP contribution in [0.5, 0.6) is 0 Å². The molecule has 17 heavy (non-hydrogen) atoms. The minimum atomic E-state index is -0.855. The van der Waals surface area contributed by atoms with E-state index in [9.17, 15) is 9.59 Å². The molecular weight excluding hydrogens is 220 g/mol.